The maximum atomic E-state index is 5.39. The van der Waals surface area contributed by atoms with Crippen molar-refractivity contribution in [3.05, 3.63) is 0 Å². The smallest absolute Gasteiger partial charge is 0.232 e. The average Bonchev–Trinajstić information content (AvgIpc) is 3.01. The van der Waals surface area contributed by atoms with Crippen LogP contribution in [0.1, 0.15) is 13.3 Å². The Labute approximate surface area is 129 Å². The van der Waals surface area contributed by atoms with E-state index in [0.29, 0.717) is 17.9 Å². The van der Waals surface area contributed by atoms with E-state index in [1.807, 2.05) is 18.7 Å². The molecule has 21 heavy (non-hydrogen) atoms. The lowest BCUT2D eigenvalue weighted by Crippen LogP contribution is -2.37. The van der Waals surface area contributed by atoms with E-state index in [0.717, 1.165) is 44.5 Å². The van der Waals surface area contributed by atoms with Gasteiger partial charge in [0, 0.05) is 31.4 Å². The summed E-state index contributed by atoms with van der Waals surface area (Å²) in [6, 6.07) is 0.462. The molecule has 0 bridgehead atoms. The van der Waals surface area contributed by atoms with Gasteiger partial charge in [-0.1, -0.05) is 0 Å². The van der Waals surface area contributed by atoms with E-state index in [4.69, 9.17) is 4.74 Å². The van der Waals surface area contributed by atoms with Gasteiger partial charge >= 0.3 is 0 Å². The second-order valence-electron chi connectivity index (χ2n) is 5.12. The quantitative estimate of drug-likeness (QED) is 0.836. The third-order valence-electron chi connectivity index (χ3n) is 3.52. The molecule has 2 N–H and O–H groups in total. The van der Waals surface area contributed by atoms with E-state index in [9.17, 15) is 0 Å². The largest absolute Gasteiger partial charge is 0.378 e. The van der Waals surface area contributed by atoms with Crippen LogP contribution in [0.4, 0.5) is 17.8 Å². The van der Waals surface area contributed by atoms with Crippen molar-refractivity contribution in [1.29, 1.82) is 0 Å². The lowest BCUT2D eigenvalue weighted by atomic mass is 10.3. The Morgan fingerprint density at radius 2 is 2.05 bits per heavy atom. The SMILES string of the molecule is CCNc1nc(NC2CCSC2)nc(N2CCOCC2)n1. The molecule has 0 saturated carbocycles. The first-order valence-electron chi connectivity index (χ1n) is 7.52. The number of nitrogens with zero attached hydrogens (tertiary/aromatic N) is 4. The fourth-order valence-corrected chi connectivity index (χ4v) is 3.55. The molecular weight excluding hydrogens is 288 g/mol. The minimum absolute atomic E-state index is 0.462. The number of anilines is 3. The standard InChI is InChI=1S/C13H22N6OS/c1-2-14-11-16-12(15-10-3-8-21-9-10)18-13(17-11)19-4-6-20-7-5-19/h10H,2-9H2,1H3,(H2,14,15,16,17,18). The highest BCUT2D eigenvalue weighted by Crippen LogP contribution is 2.21. The zero-order valence-electron chi connectivity index (χ0n) is 12.3. The van der Waals surface area contributed by atoms with Crippen LogP contribution in [0.3, 0.4) is 0 Å². The molecule has 2 saturated heterocycles. The van der Waals surface area contributed by atoms with Gasteiger partial charge in [-0.15, -0.1) is 0 Å². The third kappa shape index (κ3) is 3.88. The zero-order chi connectivity index (χ0) is 14.5. The Hall–Kier alpha value is -1.28. The second-order valence-corrected chi connectivity index (χ2v) is 6.27. The fraction of sp³-hybridized carbons (Fsp3) is 0.769. The number of thioether (sulfide) groups is 1. The van der Waals surface area contributed by atoms with Crippen LogP contribution in [0.15, 0.2) is 0 Å². The lowest BCUT2D eigenvalue weighted by molar-refractivity contribution is 0.122. The van der Waals surface area contributed by atoms with Crippen molar-refractivity contribution < 1.29 is 4.74 Å². The molecule has 2 aliphatic rings. The molecule has 0 spiro atoms. The predicted octanol–water partition coefficient (Wildman–Crippen LogP) is 1.06. The number of morpholine rings is 1. The molecule has 2 fully saturated rings. The lowest BCUT2D eigenvalue weighted by Gasteiger charge is -2.27. The summed E-state index contributed by atoms with van der Waals surface area (Å²) in [6.45, 7) is 5.95. The first kappa shape index (κ1) is 14.6. The molecule has 116 valence electrons. The van der Waals surface area contributed by atoms with Gasteiger partial charge in [0.05, 0.1) is 13.2 Å². The van der Waals surface area contributed by atoms with Gasteiger partial charge in [-0.2, -0.15) is 26.7 Å². The summed E-state index contributed by atoms with van der Waals surface area (Å²) < 4.78 is 5.39. The van der Waals surface area contributed by atoms with E-state index >= 15 is 0 Å². The van der Waals surface area contributed by atoms with E-state index < -0.39 is 0 Å². The monoisotopic (exact) mass is 310 g/mol. The molecule has 0 amide bonds. The second kappa shape index (κ2) is 7.13. The normalized spacial score (nSPS) is 22.3. The molecule has 0 radical (unpaired) electrons. The van der Waals surface area contributed by atoms with Crippen molar-refractivity contribution in [3.8, 4) is 0 Å². The van der Waals surface area contributed by atoms with Gasteiger partial charge in [-0.3, -0.25) is 0 Å². The maximum Gasteiger partial charge on any atom is 0.232 e. The number of rotatable bonds is 5. The summed E-state index contributed by atoms with van der Waals surface area (Å²) >= 11 is 1.97. The topological polar surface area (TPSA) is 75.2 Å². The highest BCUT2D eigenvalue weighted by molar-refractivity contribution is 7.99. The predicted molar refractivity (Wildman–Crippen MR) is 86.4 cm³/mol. The van der Waals surface area contributed by atoms with Crippen LogP contribution in [0, 0.1) is 0 Å². The van der Waals surface area contributed by atoms with Crippen LogP contribution in [0.2, 0.25) is 0 Å². The van der Waals surface area contributed by atoms with Crippen molar-refractivity contribution in [2.24, 2.45) is 0 Å². The minimum Gasteiger partial charge on any atom is -0.378 e. The first-order valence-corrected chi connectivity index (χ1v) is 8.67. The molecular formula is C13H22N6OS. The van der Waals surface area contributed by atoms with Crippen molar-refractivity contribution in [3.63, 3.8) is 0 Å². The Kier molecular flexibility index (Phi) is 4.97. The molecule has 0 aromatic carbocycles. The van der Waals surface area contributed by atoms with Crippen LogP contribution >= 0.6 is 11.8 Å². The first-order chi connectivity index (χ1) is 10.3. The molecule has 8 heteroatoms. The number of nitrogens with one attached hydrogen (secondary N) is 2. The Morgan fingerprint density at radius 1 is 1.24 bits per heavy atom. The molecule has 2 aliphatic heterocycles. The third-order valence-corrected chi connectivity index (χ3v) is 4.68. The molecule has 1 aromatic heterocycles. The molecule has 1 atom stereocenters. The van der Waals surface area contributed by atoms with Gasteiger partial charge in [-0.25, -0.2) is 0 Å². The summed E-state index contributed by atoms with van der Waals surface area (Å²) in [4.78, 5) is 15.7. The van der Waals surface area contributed by atoms with Crippen LogP contribution in [-0.4, -0.2) is 65.3 Å². The summed E-state index contributed by atoms with van der Waals surface area (Å²) in [5, 5.41) is 6.63. The minimum atomic E-state index is 0.462. The summed E-state index contributed by atoms with van der Waals surface area (Å²) in [7, 11) is 0. The van der Waals surface area contributed by atoms with E-state index in [1.54, 1.807) is 0 Å². The van der Waals surface area contributed by atoms with E-state index in [1.165, 1.54) is 12.2 Å². The molecule has 0 aliphatic carbocycles. The maximum absolute atomic E-state index is 5.39. The molecule has 1 unspecified atom stereocenters. The fourth-order valence-electron chi connectivity index (χ4n) is 2.40. The van der Waals surface area contributed by atoms with Crippen LogP contribution in [0.5, 0.6) is 0 Å². The van der Waals surface area contributed by atoms with Crippen LogP contribution in [-0.2, 0) is 4.74 Å². The highest BCUT2D eigenvalue weighted by Gasteiger charge is 2.19. The number of hydrogen-bond donors (Lipinski definition) is 2. The van der Waals surface area contributed by atoms with Crippen molar-refractivity contribution >= 4 is 29.6 Å². The van der Waals surface area contributed by atoms with Gasteiger partial charge in [0.15, 0.2) is 0 Å². The van der Waals surface area contributed by atoms with Crippen LogP contribution < -0.4 is 15.5 Å². The van der Waals surface area contributed by atoms with Crippen molar-refractivity contribution in [2.45, 2.75) is 19.4 Å². The van der Waals surface area contributed by atoms with E-state index in [2.05, 4.69) is 30.5 Å². The van der Waals surface area contributed by atoms with Gasteiger partial charge in [0.1, 0.15) is 0 Å². The zero-order valence-corrected chi connectivity index (χ0v) is 13.2. The van der Waals surface area contributed by atoms with Crippen LogP contribution in [0.25, 0.3) is 0 Å². The summed E-state index contributed by atoms with van der Waals surface area (Å²) in [5.41, 5.74) is 0. The molecule has 3 heterocycles. The number of ether oxygens (including phenoxy) is 1. The number of hydrogen-bond acceptors (Lipinski definition) is 8. The average molecular weight is 310 g/mol. The van der Waals surface area contributed by atoms with Gasteiger partial charge < -0.3 is 20.3 Å². The van der Waals surface area contributed by atoms with Gasteiger partial charge in [0.2, 0.25) is 17.8 Å². The summed E-state index contributed by atoms with van der Waals surface area (Å²) in [6.07, 6.45) is 1.17. The molecule has 3 rings (SSSR count). The Bertz CT molecular complexity index is 462. The van der Waals surface area contributed by atoms with Gasteiger partial charge in [0.25, 0.3) is 0 Å². The van der Waals surface area contributed by atoms with Gasteiger partial charge in [-0.05, 0) is 19.1 Å². The molecule has 1 aromatic rings. The molecule has 7 nitrogen and oxygen atoms in total. The van der Waals surface area contributed by atoms with E-state index in [-0.39, 0.29) is 0 Å². The number of aromatic nitrogens is 3. The van der Waals surface area contributed by atoms with Crippen molar-refractivity contribution in [1.82, 2.24) is 15.0 Å². The summed E-state index contributed by atoms with van der Waals surface area (Å²) in [5.74, 6) is 4.38. The Balaban J connectivity index is 1.78. The highest BCUT2D eigenvalue weighted by atomic mass is 32.2. The Morgan fingerprint density at radius 3 is 2.76 bits per heavy atom. The van der Waals surface area contributed by atoms with Crippen molar-refractivity contribution in [2.75, 3.05) is 59.9 Å².